The minimum Gasteiger partial charge on any atom is -0.356 e. The van der Waals surface area contributed by atoms with Gasteiger partial charge in [-0.25, -0.2) is 4.98 Å². The molecule has 3 aliphatic heterocycles. The van der Waals surface area contributed by atoms with Gasteiger partial charge in [-0.15, -0.1) is 0 Å². The second-order valence-corrected chi connectivity index (χ2v) is 11.3. The first-order chi connectivity index (χ1) is 17.3. The van der Waals surface area contributed by atoms with Crippen molar-refractivity contribution < 1.29 is 4.79 Å². The fraction of sp³-hybridized carbons (Fsp3) is 0.483. The van der Waals surface area contributed by atoms with Crippen molar-refractivity contribution in [2.75, 3.05) is 37.6 Å². The second-order valence-electron chi connectivity index (χ2n) is 11.3. The summed E-state index contributed by atoms with van der Waals surface area (Å²) in [5.41, 5.74) is 9.02. The molecule has 3 aromatic rings. The monoisotopic (exact) mass is 484 g/mol. The summed E-state index contributed by atoms with van der Waals surface area (Å²) < 4.78 is 0. The van der Waals surface area contributed by atoms with E-state index in [1.165, 1.54) is 45.0 Å². The normalized spacial score (nSPS) is 19.2. The summed E-state index contributed by atoms with van der Waals surface area (Å²) >= 11 is 0. The fourth-order valence-electron chi connectivity index (χ4n) is 6.66. The van der Waals surface area contributed by atoms with E-state index >= 15 is 0 Å². The number of anilines is 1. The minimum absolute atomic E-state index is 0.0434. The molecule has 7 heteroatoms. The molecule has 1 N–H and O–H groups in total. The number of hydrogen-bond donors (Lipinski definition) is 1. The molecule has 2 saturated heterocycles. The van der Waals surface area contributed by atoms with Crippen LogP contribution in [-0.2, 0) is 17.8 Å². The van der Waals surface area contributed by atoms with Gasteiger partial charge in [0.1, 0.15) is 5.82 Å². The lowest BCUT2D eigenvalue weighted by atomic mass is 9.79. The molecule has 1 amide bonds. The Labute approximate surface area is 213 Å². The van der Waals surface area contributed by atoms with E-state index in [-0.39, 0.29) is 11.3 Å². The van der Waals surface area contributed by atoms with Crippen molar-refractivity contribution in [2.45, 2.75) is 53.1 Å². The Kier molecular flexibility index (Phi) is 5.45. The van der Waals surface area contributed by atoms with Crippen molar-refractivity contribution in [1.29, 1.82) is 0 Å². The van der Waals surface area contributed by atoms with Crippen molar-refractivity contribution in [3.05, 3.63) is 53.4 Å². The van der Waals surface area contributed by atoms with Gasteiger partial charge in [-0.1, -0.05) is 12.6 Å². The van der Waals surface area contributed by atoms with Gasteiger partial charge in [0.2, 0.25) is 5.91 Å². The molecular formula is C29H36N6O. The molecular weight excluding hydrogens is 448 g/mol. The number of aromatic amines is 1. The molecule has 0 unspecified atom stereocenters. The molecule has 188 valence electrons. The van der Waals surface area contributed by atoms with Crippen LogP contribution in [-0.4, -0.2) is 69.7 Å². The summed E-state index contributed by atoms with van der Waals surface area (Å²) in [6.45, 7) is 18.2. The summed E-state index contributed by atoms with van der Waals surface area (Å²) in [5, 5.41) is 8.72. The smallest absolute Gasteiger partial charge is 0.245 e. The Bertz CT molecular complexity index is 1370. The number of likely N-dealkylation sites (tertiary alicyclic amines) is 1. The van der Waals surface area contributed by atoms with Crippen molar-refractivity contribution in [2.24, 2.45) is 5.41 Å². The number of nitrogens with zero attached hydrogens (tertiary/aromatic N) is 5. The molecule has 0 bridgehead atoms. The Hall–Kier alpha value is -3.19. The van der Waals surface area contributed by atoms with Crippen LogP contribution in [0, 0.1) is 19.3 Å². The highest BCUT2D eigenvalue weighted by Gasteiger charge is 2.49. The summed E-state index contributed by atoms with van der Waals surface area (Å²) in [6.07, 6.45) is 5.50. The molecule has 6 rings (SSSR count). The van der Waals surface area contributed by atoms with Crippen molar-refractivity contribution in [3.8, 4) is 11.1 Å². The fourth-order valence-corrected chi connectivity index (χ4v) is 6.66. The molecule has 0 aliphatic carbocycles. The lowest BCUT2D eigenvalue weighted by molar-refractivity contribution is -0.136. The second kappa shape index (κ2) is 8.44. The number of fused-ring (bicyclic) bond motifs is 2. The number of hydrogen-bond acceptors (Lipinski definition) is 5. The Morgan fingerprint density at radius 2 is 1.97 bits per heavy atom. The highest BCUT2D eigenvalue weighted by molar-refractivity contribution is 5.98. The van der Waals surface area contributed by atoms with Gasteiger partial charge in [-0.2, -0.15) is 5.10 Å². The third kappa shape index (κ3) is 3.55. The zero-order valence-electron chi connectivity index (χ0n) is 21.9. The standard InChI is InChI=1S/C29H36N6O/c1-6-25(36)35-16-29(17-35)10-12-34(15-29)28-20(5)27(21-9-11-33(18(2)3)14-24(21)31-28)26-19(4)7-8-23-22(26)13-30-32-23/h6-8,13,18H,1,9-12,14-17H2,2-5H3,(H,30,32). The number of rotatable bonds is 4. The van der Waals surface area contributed by atoms with Crippen LogP contribution >= 0.6 is 0 Å². The predicted octanol–water partition coefficient (Wildman–Crippen LogP) is 4.23. The van der Waals surface area contributed by atoms with Crippen LogP contribution < -0.4 is 4.90 Å². The number of aromatic nitrogens is 3. The first-order valence-electron chi connectivity index (χ1n) is 13.2. The van der Waals surface area contributed by atoms with Crippen molar-refractivity contribution in [1.82, 2.24) is 25.0 Å². The summed E-state index contributed by atoms with van der Waals surface area (Å²) in [6, 6.07) is 4.82. The topological polar surface area (TPSA) is 68.4 Å². The molecule has 2 aromatic heterocycles. The van der Waals surface area contributed by atoms with Gasteiger partial charge in [0.05, 0.1) is 17.4 Å². The van der Waals surface area contributed by atoms with Crippen LogP contribution in [0.1, 0.15) is 42.7 Å². The van der Waals surface area contributed by atoms with E-state index in [1.54, 1.807) is 0 Å². The number of nitrogens with one attached hydrogen (secondary N) is 1. The summed E-state index contributed by atoms with van der Waals surface area (Å²) in [7, 11) is 0. The molecule has 1 aromatic carbocycles. The van der Waals surface area contributed by atoms with Gasteiger partial charge in [-0.05, 0) is 80.5 Å². The molecule has 2 fully saturated rings. The largest absolute Gasteiger partial charge is 0.356 e. The third-order valence-corrected chi connectivity index (χ3v) is 8.69. The van der Waals surface area contributed by atoms with E-state index in [0.717, 1.165) is 63.4 Å². The van der Waals surface area contributed by atoms with Crippen LogP contribution in [0.3, 0.4) is 0 Å². The average Bonchev–Trinajstić information content (AvgIpc) is 3.50. The number of aryl methyl sites for hydroxylation is 1. The average molecular weight is 485 g/mol. The van der Waals surface area contributed by atoms with Gasteiger partial charge in [-0.3, -0.25) is 14.8 Å². The maximum atomic E-state index is 12.1. The van der Waals surface area contributed by atoms with Gasteiger partial charge in [0, 0.05) is 56.1 Å². The van der Waals surface area contributed by atoms with Crippen molar-refractivity contribution >= 4 is 22.6 Å². The molecule has 3 aliphatic rings. The van der Waals surface area contributed by atoms with Crippen molar-refractivity contribution in [3.63, 3.8) is 0 Å². The Morgan fingerprint density at radius 1 is 1.17 bits per heavy atom. The number of amides is 1. The van der Waals surface area contributed by atoms with Gasteiger partial charge >= 0.3 is 0 Å². The lowest BCUT2D eigenvalue weighted by Crippen LogP contribution is -2.59. The van der Waals surface area contributed by atoms with E-state index in [4.69, 9.17) is 4.98 Å². The number of carbonyl (C=O) groups is 1. The summed E-state index contributed by atoms with van der Waals surface area (Å²) in [5.74, 6) is 1.15. The van der Waals surface area contributed by atoms with Gasteiger partial charge < -0.3 is 9.80 Å². The lowest BCUT2D eigenvalue weighted by Gasteiger charge is -2.47. The van der Waals surface area contributed by atoms with E-state index < -0.39 is 0 Å². The number of H-pyrrole nitrogens is 1. The maximum absolute atomic E-state index is 12.1. The maximum Gasteiger partial charge on any atom is 0.245 e. The Balaban J connectivity index is 1.45. The molecule has 0 radical (unpaired) electrons. The van der Waals surface area contributed by atoms with E-state index in [0.29, 0.717) is 6.04 Å². The zero-order valence-corrected chi connectivity index (χ0v) is 21.9. The molecule has 0 atom stereocenters. The number of carbonyl (C=O) groups excluding carboxylic acids is 1. The third-order valence-electron chi connectivity index (χ3n) is 8.69. The molecule has 36 heavy (non-hydrogen) atoms. The molecule has 7 nitrogen and oxygen atoms in total. The highest BCUT2D eigenvalue weighted by atomic mass is 16.2. The predicted molar refractivity (Wildman–Crippen MR) is 144 cm³/mol. The van der Waals surface area contributed by atoms with Crippen LogP contribution in [0.4, 0.5) is 5.82 Å². The van der Waals surface area contributed by atoms with Crippen LogP contribution in [0.15, 0.2) is 31.0 Å². The first kappa shape index (κ1) is 23.2. The molecule has 1 spiro atoms. The van der Waals surface area contributed by atoms with E-state index in [9.17, 15) is 4.79 Å². The summed E-state index contributed by atoms with van der Waals surface area (Å²) in [4.78, 5) is 24.4. The van der Waals surface area contributed by atoms with Gasteiger partial charge in [0.25, 0.3) is 0 Å². The Morgan fingerprint density at radius 3 is 2.72 bits per heavy atom. The van der Waals surface area contributed by atoms with Gasteiger partial charge in [0.15, 0.2) is 0 Å². The van der Waals surface area contributed by atoms with E-state index in [2.05, 4.69) is 66.4 Å². The van der Waals surface area contributed by atoms with Crippen LogP contribution in [0.2, 0.25) is 0 Å². The first-order valence-corrected chi connectivity index (χ1v) is 13.2. The van der Waals surface area contributed by atoms with Crippen LogP contribution in [0.25, 0.3) is 22.0 Å². The number of pyridine rings is 1. The zero-order chi connectivity index (χ0) is 25.2. The van der Waals surface area contributed by atoms with E-state index in [1.807, 2.05) is 11.1 Å². The minimum atomic E-state index is 0.0434. The SMILES string of the molecule is C=CC(=O)N1CC2(CCN(c3nc4c(c(-c5c(C)ccc6[nH]ncc56)c3C)CCN(C(C)C)C4)C2)C1. The molecule has 0 saturated carbocycles. The number of benzene rings is 1. The van der Waals surface area contributed by atoms with Crippen LogP contribution in [0.5, 0.6) is 0 Å². The highest BCUT2D eigenvalue weighted by Crippen LogP contribution is 2.45. The molecule has 5 heterocycles. The quantitative estimate of drug-likeness (QED) is 0.561.